The van der Waals surface area contributed by atoms with Gasteiger partial charge in [-0.15, -0.1) is 0 Å². The third-order valence-electron chi connectivity index (χ3n) is 3.94. The summed E-state index contributed by atoms with van der Waals surface area (Å²) in [5, 5.41) is 2.82. The topological polar surface area (TPSA) is 88.6 Å². The lowest BCUT2D eigenvalue weighted by Gasteiger charge is -2.24. The molecule has 1 unspecified atom stereocenters. The third kappa shape index (κ3) is 4.90. The van der Waals surface area contributed by atoms with Gasteiger partial charge in [-0.05, 0) is 25.0 Å². The Morgan fingerprint density at radius 3 is 2.96 bits per heavy atom. The third-order valence-corrected chi connectivity index (χ3v) is 5.69. The first-order chi connectivity index (χ1) is 10.9. The Morgan fingerprint density at radius 1 is 1.52 bits per heavy atom. The number of anilines is 1. The summed E-state index contributed by atoms with van der Waals surface area (Å²) in [7, 11) is 0.482. The number of amides is 1. The van der Waals surface area contributed by atoms with Gasteiger partial charge in [0.15, 0.2) is 9.84 Å². The number of rotatable bonds is 7. The molecular weight excluding hydrogens is 318 g/mol. The zero-order valence-electron chi connectivity index (χ0n) is 13.5. The van der Waals surface area contributed by atoms with Crippen LogP contribution in [0.1, 0.15) is 23.2 Å². The molecule has 0 aliphatic carbocycles. The van der Waals surface area contributed by atoms with Crippen LogP contribution in [0.3, 0.4) is 0 Å². The molecule has 1 fully saturated rings. The van der Waals surface area contributed by atoms with Gasteiger partial charge in [0.2, 0.25) is 0 Å². The Hall–Kier alpha value is -1.67. The Bertz CT molecular complexity index is 648. The molecule has 1 atom stereocenters. The number of ether oxygens (including phenoxy) is 1. The van der Waals surface area contributed by atoms with Crippen LogP contribution in [0.5, 0.6) is 0 Å². The van der Waals surface area contributed by atoms with E-state index in [1.807, 2.05) is 11.9 Å². The zero-order valence-corrected chi connectivity index (χ0v) is 14.3. The monoisotopic (exact) mass is 341 g/mol. The van der Waals surface area contributed by atoms with Crippen LogP contribution in [0, 0.1) is 0 Å². The molecule has 2 rings (SSSR count). The number of nitrogens with zero attached hydrogens (tertiary/aromatic N) is 2. The van der Waals surface area contributed by atoms with Crippen molar-refractivity contribution >= 4 is 21.6 Å². The highest BCUT2D eigenvalue weighted by molar-refractivity contribution is 7.91. The van der Waals surface area contributed by atoms with E-state index in [9.17, 15) is 13.2 Å². The molecule has 0 bridgehead atoms. The Morgan fingerprint density at radius 2 is 2.30 bits per heavy atom. The average molecular weight is 341 g/mol. The molecule has 1 saturated heterocycles. The maximum Gasteiger partial charge on any atom is 0.251 e. The van der Waals surface area contributed by atoms with Crippen molar-refractivity contribution < 1.29 is 17.9 Å². The number of hydrogen-bond acceptors (Lipinski definition) is 6. The van der Waals surface area contributed by atoms with Crippen LogP contribution >= 0.6 is 0 Å². The molecule has 0 radical (unpaired) electrons. The Labute approximate surface area is 137 Å². The SMILES string of the molecule is COCCCNC(=O)c1ccnc(N(C)C2CCS(=O)(=O)C2)c1. The number of sulfone groups is 1. The number of aromatic nitrogens is 1. The molecule has 0 saturated carbocycles. The van der Waals surface area contributed by atoms with E-state index in [0.717, 1.165) is 6.42 Å². The van der Waals surface area contributed by atoms with Crippen molar-refractivity contribution in [1.82, 2.24) is 10.3 Å². The molecule has 1 aliphatic rings. The first-order valence-corrected chi connectivity index (χ1v) is 9.41. The highest BCUT2D eigenvalue weighted by atomic mass is 32.2. The van der Waals surface area contributed by atoms with Crippen molar-refractivity contribution in [3.05, 3.63) is 23.9 Å². The van der Waals surface area contributed by atoms with Gasteiger partial charge in [-0.2, -0.15) is 0 Å². The summed E-state index contributed by atoms with van der Waals surface area (Å²) >= 11 is 0. The molecule has 23 heavy (non-hydrogen) atoms. The lowest BCUT2D eigenvalue weighted by atomic mass is 10.2. The van der Waals surface area contributed by atoms with Crippen LogP contribution in [-0.2, 0) is 14.6 Å². The second kappa shape index (κ2) is 7.74. The Balaban J connectivity index is 2.00. The van der Waals surface area contributed by atoms with Crippen LogP contribution in [0.4, 0.5) is 5.82 Å². The number of hydrogen-bond donors (Lipinski definition) is 1. The number of carbonyl (C=O) groups excluding carboxylic acids is 1. The lowest BCUT2D eigenvalue weighted by Crippen LogP contribution is -2.33. The van der Waals surface area contributed by atoms with E-state index in [-0.39, 0.29) is 23.5 Å². The number of carbonyl (C=O) groups is 1. The normalized spacial score (nSPS) is 19.5. The van der Waals surface area contributed by atoms with Gasteiger partial charge in [-0.3, -0.25) is 4.79 Å². The molecule has 0 aromatic carbocycles. The smallest absolute Gasteiger partial charge is 0.251 e. The molecule has 1 aliphatic heterocycles. The van der Waals surface area contributed by atoms with E-state index < -0.39 is 9.84 Å². The minimum atomic E-state index is -2.95. The van der Waals surface area contributed by atoms with Crippen LogP contribution in [-0.4, -0.2) is 64.2 Å². The minimum absolute atomic E-state index is 0.0903. The average Bonchev–Trinajstić information content (AvgIpc) is 2.91. The molecule has 128 valence electrons. The fourth-order valence-electron chi connectivity index (χ4n) is 2.54. The molecule has 7 nitrogen and oxygen atoms in total. The van der Waals surface area contributed by atoms with Crippen molar-refractivity contribution in [1.29, 1.82) is 0 Å². The molecule has 2 heterocycles. The maximum absolute atomic E-state index is 12.1. The van der Waals surface area contributed by atoms with E-state index >= 15 is 0 Å². The molecular formula is C15H23N3O4S. The summed E-state index contributed by atoms with van der Waals surface area (Å²) in [5.41, 5.74) is 0.514. The quantitative estimate of drug-likeness (QED) is 0.725. The van der Waals surface area contributed by atoms with Crippen molar-refractivity contribution in [3.8, 4) is 0 Å². The molecule has 1 aromatic heterocycles. The van der Waals surface area contributed by atoms with Gasteiger partial charge in [-0.25, -0.2) is 13.4 Å². The standard InChI is InChI=1S/C15H23N3O4S/c1-18(13-5-9-23(20,21)11-13)14-10-12(4-7-16-14)15(19)17-6-3-8-22-2/h4,7,10,13H,3,5-6,8-9,11H2,1-2H3,(H,17,19). The fraction of sp³-hybridized carbons (Fsp3) is 0.600. The summed E-state index contributed by atoms with van der Waals surface area (Å²) in [6.07, 6.45) is 2.91. The minimum Gasteiger partial charge on any atom is -0.385 e. The maximum atomic E-state index is 12.1. The Kier molecular flexibility index (Phi) is 5.95. The van der Waals surface area contributed by atoms with Gasteiger partial charge in [0.25, 0.3) is 5.91 Å². The van der Waals surface area contributed by atoms with Crippen LogP contribution in [0.25, 0.3) is 0 Å². The van der Waals surface area contributed by atoms with Gasteiger partial charge < -0.3 is 15.0 Å². The second-order valence-electron chi connectivity index (χ2n) is 5.67. The first kappa shape index (κ1) is 17.7. The number of pyridine rings is 1. The van der Waals surface area contributed by atoms with Crippen molar-refractivity contribution in [2.24, 2.45) is 0 Å². The first-order valence-electron chi connectivity index (χ1n) is 7.59. The molecule has 8 heteroatoms. The summed E-state index contributed by atoms with van der Waals surface area (Å²) < 4.78 is 28.1. The summed E-state index contributed by atoms with van der Waals surface area (Å²) in [4.78, 5) is 18.2. The highest BCUT2D eigenvalue weighted by Crippen LogP contribution is 2.21. The molecule has 1 aromatic rings. The largest absolute Gasteiger partial charge is 0.385 e. The fourth-order valence-corrected chi connectivity index (χ4v) is 4.32. The van der Waals surface area contributed by atoms with E-state index in [1.165, 1.54) is 0 Å². The van der Waals surface area contributed by atoms with Crippen LogP contribution in [0.15, 0.2) is 18.3 Å². The predicted molar refractivity (Wildman–Crippen MR) is 88.5 cm³/mol. The summed E-state index contributed by atoms with van der Waals surface area (Å²) in [5.74, 6) is 0.786. The summed E-state index contributed by atoms with van der Waals surface area (Å²) in [6, 6.07) is 3.25. The van der Waals surface area contributed by atoms with Crippen molar-refractivity contribution in [2.75, 3.05) is 43.7 Å². The van der Waals surface area contributed by atoms with Gasteiger partial charge in [0, 0.05) is 45.1 Å². The second-order valence-corrected chi connectivity index (χ2v) is 7.90. The van der Waals surface area contributed by atoms with Gasteiger partial charge in [-0.1, -0.05) is 0 Å². The molecule has 1 N–H and O–H groups in total. The van der Waals surface area contributed by atoms with E-state index in [4.69, 9.17) is 4.74 Å². The molecule has 1 amide bonds. The van der Waals surface area contributed by atoms with E-state index in [1.54, 1.807) is 25.4 Å². The molecule has 0 spiro atoms. The van der Waals surface area contributed by atoms with E-state index in [0.29, 0.717) is 31.0 Å². The number of nitrogens with one attached hydrogen (secondary N) is 1. The summed E-state index contributed by atoms with van der Waals surface area (Å²) in [6.45, 7) is 1.14. The predicted octanol–water partition coefficient (Wildman–Crippen LogP) is 0.471. The van der Waals surface area contributed by atoms with Crippen molar-refractivity contribution in [2.45, 2.75) is 18.9 Å². The number of methoxy groups -OCH3 is 1. The highest BCUT2D eigenvalue weighted by Gasteiger charge is 2.31. The van der Waals surface area contributed by atoms with Gasteiger partial charge in [0.1, 0.15) is 5.82 Å². The zero-order chi connectivity index (χ0) is 16.9. The lowest BCUT2D eigenvalue weighted by molar-refractivity contribution is 0.0948. The van der Waals surface area contributed by atoms with Crippen LogP contribution in [0.2, 0.25) is 0 Å². The van der Waals surface area contributed by atoms with Gasteiger partial charge >= 0.3 is 0 Å². The van der Waals surface area contributed by atoms with Crippen molar-refractivity contribution in [3.63, 3.8) is 0 Å². The van der Waals surface area contributed by atoms with E-state index in [2.05, 4.69) is 10.3 Å². The van der Waals surface area contributed by atoms with Crippen LogP contribution < -0.4 is 10.2 Å². The van der Waals surface area contributed by atoms with Gasteiger partial charge in [0.05, 0.1) is 11.5 Å².